The molecule has 25 heavy (non-hydrogen) atoms. The van der Waals surface area contributed by atoms with Crippen molar-refractivity contribution in [2.75, 3.05) is 33.2 Å². The lowest BCUT2D eigenvalue weighted by Gasteiger charge is -2.31. The van der Waals surface area contributed by atoms with Crippen LogP contribution in [0.2, 0.25) is 0 Å². The van der Waals surface area contributed by atoms with Crippen LogP contribution in [-0.2, 0) is 0 Å². The largest absolute Gasteiger partial charge is 0.356 e. The summed E-state index contributed by atoms with van der Waals surface area (Å²) in [6.07, 6.45) is 3.61. The summed E-state index contributed by atoms with van der Waals surface area (Å²) in [7, 11) is 1.70. The number of aliphatic imine (C=N–C) groups is 1. The lowest BCUT2D eigenvalue weighted by atomic mass is 9.93. The van der Waals surface area contributed by atoms with E-state index in [0.717, 1.165) is 31.5 Å². The van der Waals surface area contributed by atoms with E-state index in [-0.39, 0.29) is 6.04 Å². The van der Waals surface area contributed by atoms with Crippen LogP contribution in [0.1, 0.15) is 44.7 Å². The van der Waals surface area contributed by atoms with Gasteiger partial charge in [-0.3, -0.25) is 4.99 Å². The van der Waals surface area contributed by atoms with E-state index in [1.165, 1.54) is 38.1 Å². The van der Waals surface area contributed by atoms with E-state index in [1.807, 2.05) is 6.92 Å². The first-order valence-corrected chi connectivity index (χ1v) is 9.18. The Hall–Kier alpha value is -1.69. The van der Waals surface area contributed by atoms with Gasteiger partial charge in [-0.2, -0.15) is 0 Å². The van der Waals surface area contributed by atoms with E-state index in [9.17, 15) is 8.78 Å². The molecule has 6 heteroatoms. The molecule has 1 aromatic rings. The average molecular weight is 352 g/mol. The zero-order valence-electron chi connectivity index (χ0n) is 15.5. The molecule has 140 valence electrons. The van der Waals surface area contributed by atoms with Crippen LogP contribution < -0.4 is 10.6 Å². The van der Waals surface area contributed by atoms with Gasteiger partial charge in [0.2, 0.25) is 0 Å². The highest BCUT2D eigenvalue weighted by Gasteiger charge is 2.18. The van der Waals surface area contributed by atoms with Gasteiger partial charge in [-0.1, -0.05) is 13.0 Å². The third-order valence-electron chi connectivity index (χ3n) is 5.01. The summed E-state index contributed by atoms with van der Waals surface area (Å²) in [5.74, 6) is 0.283. The van der Waals surface area contributed by atoms with Crippen LogP contribution in [0.3, 0.4) is 0 Å². The number of nitrogens with one attached hydrogen (secondary N) is 2. The van der Waals surface area contributed by atoms with Gasteiger partial charge in [0.15, 0.2) is 5.96 Å². The highest BCUT2D eigenvalue weighted by molar-refractivity contribution is 5.80. The molecule has 0 amide bonds. The SMILES string of the molecule is CCN1CCC(CCNC(=NC)NC(C)c2ccc(F)cc2F)CC1. The van der Waals surface area contributed by atoms with E-state index in [2.05, 4.69) is 27.4 Å². The Morgan fingerprint density at radius 3 is 2.64 bits per heavy atom. The van der Waals surface area contributed by atoms with E-state index in [0.29, 0.717) is 11.5 Å². The normalized spacial score (nSPS) is 18.2. The third-order valence-corrected chi connectivity index (χ3v) is 5.01. The van der Waals surface area contributed by atoms with E-state index in [1.54, 1.807) is 7.05 Å². The first-order chi connectivity index (χ1) is 12.0. The maximum atomic E-state index is 13.9. The lowest BCUT2D eigenvalue weighted by Crippen LogP contribution is -2.40. The van der Waals surface area contributed by atoms with E-state index in [4.69, 9.17) is 0 Å². The van der Waals surface area contributed by atoms with Crippen molar-refractivity contribution in [1.29, 1.82) is 0 Å². The molecule has 2 rings (SSSR count). The summed E-state index contributed by atoms with van der Waals surface area (Å²) in [6.45, 7) is 8.41. The Kier molecular flexibility index (Phi) is 7.62. The maximum Gasteiger partial charge on any atom is 0.191 e. The molecule has 1 fully saturated rings. The molecule has 4 nitrogen and oxygen atoms in total. The fourth-order valence-corrected chi connectivity index (χ4v) is 3.32. The predicted octanol–water partition coefficient (Wildman–Crippen LogP) is 3.31. The molecule has 0 saturated carbocycles. The summed E-state index contributed by atoms with van der Waals surface area (Å²) in [5, 5.41) is 6.47. The zero-order chi connectivity index (χ0) is 18.2. The number of likely N-dealkylation sites (tertiary alicyclic amines) is 1. The van der Waals surface area contributed by atoms with Crippen molar-refractivity contribution < 1.29 is 8.78 Å². The number of rotatable bonds is 6. The van der Waals surface area contributed by atoms with Gasteiger partial charge in [0.25, 0.3) is 0 Å². The second-order valence-electron chi connectivity index (χ2n) is 6.70. The van der Waals surface area contributed by atoms with Gasteiger partial charge in [0, 0.05) is 25.2 Å². The number of benzene rings is 1. The number of hydrogen-bond donors (Lipinski definition) is 2. The van der Waals surface area contributed by atoms with Gasteiger partial charge in [-0.15, -0.1) is 0 Å². The van der Waals surface area contributed by atoms with Crippen LogP contribution in [0.5, 0.6) is 0 Å². The van der Waals surface area contributed by atoms with Gasteiger partial charge in [-0.25, -0.2) is 8.78 Å². The summed E-state index contributed by atoms with van der Waals surface area (Å²) in [4.78, 5) is 6.69. The van der Waals surface area contributed by atoms with Crippen molar-refractivity contribution >= 4 is 5.96 Å². The molecule has 1 saturated heterocycles. The van der Waals surface area contributed by atoms with Crippen LogP contribution >= 0.6 is 0 Å². The minimum absolute atomic E-state index is 0.292. The fraction of sp³-hybridized carbons (Fsp3) is 0.632. The van der Waals surface area contributed by atoms with Crippen molar-refractivity contribution in [3.05, 3.63) is 35.4 Å². The second kappa shape index (κ2) is 9.70. The number of halogens is 2. The average Bonchev–Trinajstić information content (AvgIpc) is 2.61. The molecule has 1 aliphatic heterocycles. The van der Waals surface area contributed by atoms with Crippen molar-refractivity contribution in [2.45, 2.75) is 39.2 Å². The van der Waals surface area contributed by atoms with Crippen LogP contribution in [-0.4, -0.2) is 44.1 Å². The first kappa shape index (κ1) is 19.6. The van der Waals surface area contributed by atoms with Crippen molar-refractivity contribution in [3.8, 4) is 0 Å². The minimum Gasteiger partial charge on any atom is -0.356 e. The molecule has 1 heterocycles. The van der Waals surface area contributed by atoms with Crippen molar-refractivity contribution in [3.63, 3.8) is 0 Å². The Bertz CT molecular complexity index is 569. The molecule has 0 bridgehead atoms. The molecule has 1 aliphatic rings. The van der Waals surface area contributed by atoms with E-state index >= 15 is 0 Å². The van der Waals surface area contributed by atoms with Crippen molar-refractivity contribution in [1.82, 2.24) is 15.5 Å². The van der Waals surface area contributed by atoms with Gasteiger partial charge >= 0.3 is 0 Å². The van der Waals surface area contributed by atoms with Gasteiger partial charge in [-0.05, 0) is 57.8 Å². The molecule has 1 aromatic carbocycles. The summed E-state index contributed by atoms with van der Waals surface area (Å²) in [6, 6.07) is 3.36. The molecule has 1 unspecified atom stereocenters. The van der Waals surface area contributed by atoms with E-state index < -0.39 is 11.6 Å². The first-order valence-electron chi connectivity index (χ1n) is 9.18. The molecule has 1 atom stereocenters. The quantitative estimate of drug-likeness (QED) is 0.609. The van der Waals surface area contributed by atoms with Crippen LogP contribution in [0.25, 0.3) is 0 Å². The Labute approximate surface area is 149 Å². The molecular formula is C19H30F2N4. The Morgan fingerprint density at radius 1 is 1.32 bits per heavy atom. The van der Waals surface area contributed by atoms with Gasteiger partial charge in [0.05, 0.1) is 6.04 Å². The Balaban J connectivity index is 1.77. The number of guanidine groups is 1. The summed E-state index contributed by atoms with van der Waals surface area (Å²) in [5.41, 5.74) is 0.427. The number of hydrogen-bond acceptors (Lipinski definition) is 2. The number of nitrogens with zero attached hydrogens (tertiary/aromatic N) is 2. The highest BCUT2D eigenvalue weighted by atomic mass is 19.1. The molecule has 0 spiro atoms. The molecule has 0 aromatic heterocycles. The summed E-state index contributed by atoms with van der Waals surface area (Å²) >= 11 is 0. The second-order valence-corrected chi connectivity index (χ2v) is 6.70. The smallest absolute Gasteiger partial charge is 0.191 e. The maximum absolute atomic E-state index is 13.9. The standard InChI is InChI=1S/C19H30F2N4/c1-4-25-11-8-15(9-12-25)7-10-23-19(22-3)24-14(2)17-6-5-16(20)13-18(17)21/h5-6,13-15H,4,7-12H2,1-3H3,(H2,22,23,24). The van der Waals surface area contributed by atoms with Gasteiger partial charge < -0.3 is 15.5 Å². The number of piperidine rings is 1. The highest BCUT2D eigenvalue weighted by Crippen LogP contribution is 2.20. The molecule has 0 aliphatic carbocycles. The third kappa shape index (κ3) is 5.96. The molecule has 2 N–H and O–H groups in total. The summed E-state index contributed by atoms with van der Waals surface area (Å²) < 4.78 is 26.9. The lowest BCUT2D eigenvalue weighted by molar-refractivity contribution is 0.187. The van der Waals surface area contributed by atoms with Gasteiger partial charge in [0.1, 0.15) is 11.6 Å². The topological polar surface area (TPSA) is 39.7 Å². The van der Waals surface area contributed by atoms with Crippen LogP contribution in [0, 0.1) is 17.6 Å². The van der Waals surface area contributed by atoms with Crippen LogP contribution in [0.4, 0.5) is 8.78 Å². The Morgan fingerprint density at radius 2 is 2.04 bits per heavy atom. The molecule has 0 radical (unpaired) electrons. The van der Waals surface area contributed by atoms with Crippen LogP contribution in [0.15, 0.2) is 23.2 Å². The van der Waals surface area contributed by atoms with Crippen molar-refractivity contribution in [2.24, 2.45) is 10.9 Å². The minimum atomic E-state index is -0.565. The zero-order valence-corrected chi connectivity index (χ0v) is 15.5. The molecular weight excluding hydrogens is 322 g/mol. The monoisotopic (exact) mass is 352 g/mol. The fourth-order valence-electron chi connectivity index (χ4n) is 3.32. The predicted molar refractivity (Wildman–Crippen MR) is 98.7 cm³/mol.